The molecule has 150 valence electrons. The van der Waals surface area contributed by atoms with E-state index in [0.717, 1.165) is 38.8 Å². The van der Waals surface area contributed by atoms with Crippen molar-refractivity contribution in [2.24, 2.45) is 0 Å². The van der Waals surface area contributed by atoms with Gasteiger partial charge in [-0.15, -0.1) is 0 Å². The molecule has 28 heavy (non-hydrogen) atoms. The van der Waals surface area contributed by atoms with Gasteiger partial charge in [-0.3, -0.25) is 4.79 Å². The number of carbonyl (C=O) groups excluding carboxylic acids is 1. The number of carbonyl (C=O) groups is 1. The number of rotatable bonds is 7. The highest BCUT2D eigenvalue weighted by Crippen LogP contribution is 2.30. The van der Waals surface area contributed by atoms with Gasteiger partial charge in [-0.1, -0.05) is 60.7 Å². The summed E-state index contributed by atoms with van der Waals surface area (Å²) in [5.41, 5.74) is 2.54. The molecule has 1 amide bonds. The van der Waals surface area contributed by atoms with Crippen molar-refractivity contribution in [3.05, 3.63) is 71.8 Å². The van der Waals surface area contributed by atoms with Crippen LogP contribution in [0.4, 0.5) is 0 Å². The van der Waals surface area contributed by atoms with Gasteiger partial charge in [0.2, 0.25) is 5.91 Å². The fourth-order valence-electron chi connectivity index (χ4n) is 4.37. The van der Waals surface area contributed by atoms with Gasteiger partial charge in [0, 0.05) is 26.1 Å². The highest BCUT2D eigenvalue weighted by Gasteiger charge is 2.33. The largest absolute Gasteiger partial charge is 0.375 e. The highest BCUT2D eigenvalue weighted by atomic mass is 16.5. The molecule has 3 heteroatoms. The number of nitrogens with zero attached hydrogens (tertiary/aromatic N) is 1. The third kappa shape index (κ3) is 5.68. The molecule has 0 radical (unpaired) electrons. The Bertz CT molecular complexity index is 742. The lowest BCUT2D eigenvalue weighted by atomic mass is 9.88. The quantitative estimate of drug-likeness (QED) is 0.661. The Kier molecular flexibility index (Phi) is 6.90. The first-order chi connectivity index (χ1) is 13.4. The predicted molar refractivity (Wildman–Crippen MR) is 114 cm³/mol. The minimum atomic E-state index is -0.153. The standard InChI is InChI=1S/C25H33NO2/c1-20(27)26(24-15-17-28-25(2,3)19-24)16-14-23(22-12-8-5-9-13-22)18-21-10-6-4-7-11-21/h4-13,23-24H,14-19H2,1-3H3/t23-,24-/m0/s1. The summed E-state index contributed by atoms with van der Waals surface area (Å²) in [6, 6.07) is 21.6. The molecule has 0 aromatic heterocycles. The molecular weight excluding hydrogens is 346 g/mol. The Balaban J connectivity index is 1.72. The van der Waals surface area contributed by atoms with E-state index in [0.29, 0.717) is 5.92 Å². The van der Waals surface area contributed by atoms with Crippen molar-refractivity contribution in [3.8, 4) is 0 Å². The normalized spacial score (nSPS) is 19.8. The van der Waals surface area contributed by atoms with Crippen LogP contribution in [-0.2, 0) is 16.0 Å². The lowest BCUT2D eigenvalue weighted by molar-refractivity contribution is -0.138. The Morgan fingerprint density at radius 2 is 1.75 bits per heavy atom. The predicted octanol–water partition coefficient (Wildman–Crippen LogP) is 5.21. The van der Waals surface area contributed by atoms with Crippen molar-refractivity contribution in [1.82, 2.24) is 4.90 Å². The fraction of sp³-hybridized carbons (Fsp3) is 0.480. The van der Waals surface area contributed by atoms with Gasteiger partial charge in [0.25, 0.3) is 0 Å². The van der Waals surface area contributed by atoms with Crippen molar-refractivity contribution in [1.29, 1.82) is 0 Å². The topological polar surface area (TPSA) is 29.5 Å². The van der Waals surface area contributed by atoms with E-state index < -0.39 is 0 Å². The molecule has 1 heterocycles. The zero-order valence-corrected chi connectivity index (χ0v) is 17.4. The van der Waals surface area contributed by atoms with E-state index in [1.54, 1.807) is 6.92 Å². The number of benzene rings is 2. The Hall–Kier alpha value is -2.13. The molecule has 0 unspecified atom stereocenters. The van der Waals surface area contributed by atoms with Gasteiger partial charge in [0.1, 0.15) is 0 Å². The Labute approximate surface area is 169 Å². The SMILES string of the molecule is CC(=O)N(CC[C@@H](Cc1ccccc1)c1ccccc1)[C@H]1CCOC(C)(C)C1. The lowest BCUT2D eigenvalue weighted by Crippen LogP contribution is -2.48. The second-order valence-corrected chi connectivity index (χ2v) is 8.55. The van der Waals surface area contributed by atoms with Crippen LogP contribution in [0.25, 0.3) is 0 Å². The summed E-state index contributed by atoms with van der Waals surface area (Å²) >= 11 is 0. The Morgan fingerprint density at radius 1 is 1.11 bits per heavy atom. The average Bonchev–Trinajstić information content (AvgIpc) is 2.68. The first-order valence-electron chi connectivity index (χ1n) is 10.4. The van der Waals surface area contributed by atoms with E-state index in [4.69, 9.17) is 4.74 Å². The van der Waals surface area contributed by atoms with Gasteiger partial charge < -0.3 is 9.64 Å². The van der Waals surface area contributed by atoms with E-state index in [9.17, 15) is 4.79 Å². The minimum absolute atomic E-state index is 0.153. The smallest absolute Gasteiger partial charge is 0.219 e. The zero-order valence-electron chi connectivity index (χ0n) is 17.4. The molecule has 3 nitrogen and oxygen atoms in total. The van der Waals surface area contributed by atoms with E-state index in [-0.39, 0.29) is 17.6 Å². The maximum Gasteiger partial charge on any atom is 0.219 e. The molecular formula is C25H33NO2. The van der Waals surface area contributed by atoms with Gasteiger partial charge in [0.15, 0.2) is 0 Å². The molecule has 0 spiro atoms. The molecule has 2 aromatic carbocycles. The first kappa shape index (κ1) is 20.6. The second kappa shape index (κ2) is 9.38. The summed E-state index contributed by atoms with van der Waals surface area (Å²) in [5, 5.41) is 0. The molecule has 2 aromatic rings. The fourth-order valence-corrected chi connectivity index (χ4v) is 4.37. The number of hydrogen-bond acceptors (Lipinski definition) is 2. The van der Waals surface area contributed by atoms with Crippen LogP contribution in [0.5, 0.6) is 0 Å². The summed E-state index contributed by atoms with van der Waals surface area (Å²) < 4.78 is 5.86. The van der Waals surface area contributed by atoms with Crippen LogP contribution in [-0.4, -0.2) is 35.6 Å². The molecule has 1 fully saturated rings. The third-order valence-corrected chi connectivity index (χ3v) is 5.83. The van der Waals surface area contributed by atoms with Crippen molar-refractivity contribution in [3.63, 3.8) is 0 Å². The van der Waals surface area contributed by atoms with Crippen molar-refractivity contribution >= 4 is 5.91 Å². The first-order valence-corrected chi connectivity index (χ1v) is 10.4. The molecule has 0 aliphatic carbocycles. The monoisotopic (exact) mass is 379 g/mol. The molecule has 0 saturated carbocycles. The van der Waals surface area contributed by atoms with Crippen LogP contribution >= 0.6 is 0 Å². The summed E-state index contributed by atoms with van der Waals surface area (Å²) in [6.45, 7) is 7.48. The van der Waals surface area contributed by atoms with Crippen LogP contribution in [0.2, 0.25) is 0 Å². The second-order valence-electron chi connectivity index (χ2n) is 8.55. The van der Waals surface area contributed by atoms with Gasteiger partial charge in [-0.05, 0) is 56.6 Å². The summed E-state index contributed by atoms with van der Waals surface area (Å²) in [4.78, 5) is 14.5. The minimum Gasteiger partial charge on any atom is -0.375 e. The summed E-state index contributed by atoms with van der Waals surface area (Å²) in [5.74, 6) is 0.576. The van der Waals surface area contributed by atoms with Crippen LogP contribution < -0.4 is 0 Å². The Morgan fingerprint density at radius 3 is 2.36 bits per heavy atom. The van der Waals surface area contributed by atoms with Gasteiger partial charge >= 0.3 is 0 Å². The average molecular weight is 380 g/mol. The highest BCUT2D eigenvalue weighted by molar-refractivity contribution is 5.73. The maximum atomic E-state index is 12.4. The lowest BCUT2D eigenvalue weighted by Gasteiger charge is -2.41. The summed E-state index contributed by atoms with van der Waals surface area (Å²) in [7, 11) is 0. The molecule has 1 aliphatic rings. The van der Waals surface area contributed by atoms with Crippen molar-refractivity contribution in [2.45, 2.75) is 64.0 Å². The third-order valence-electron chi connectivity index (χ3n) is 5.83. The summed E-state index contributed by atoms with van der Waals surface area (Å²) in [6.07, 6.45) is 3.80. The molecule has 1 saturated heterocycles. The van der Waals surface area contributed by atoms with Crippen molar-refractivity contribution < 1.29 is 9.53 Å². The number of hydrogen-bond donors (Lipinski definition) is 0. The maximum absolute atomic E-state index is 12.4. The van der Waals surface area contributed by atoms with Crippen molar-refractivity contribution in [2.75, 3.05) is 13.2 Å². The van der Waals surface area contributed by atoms with E-state index in [1.165, 1.54) is 11.1 Å². The molecule has 3 rings (SSSR count). The molecule has 1 aliphatic heterocycles. The van der Waals surface area contributed by atoms with Crippen LogP contribution in [0.15, 0.2) is 60.7 Å². The van der Waals surface area contributed by atoms with Gasteiger partial charge in [-0.25, -0.2) is 0 Å². The number of amides is 1. The van der Waals surface area contributed by atoms with Crippen LogP contribution in [0.1, 0.15) is 57.1 Å². The molecule has 2 atom stereocenters. The van der Waals surface area contributed by atoms with E-state index in [2.05, 4.69) is 79.4 Å². The van der Waals surface area contributed by atoms with E-state index >= 15 is 0 Å². The van der Waals surface area contributed by atoms with Crippen LogP contribution in [0, 0.1) is 0 Å². The van der Waals surface area contributed by atoms with Gasteiger partial charge in [-0.2, -0.15) is 0 Å². The van der Waals surface area contributed by atoms with Crippen LogP contribution in [0.3, 0.4) is 0 Å². The van der Waals surface area contributed by atoms with Gasteiger partial charge in [0.05, 0.1) is 5.60 Å². The van der Waals surface area contributed by atoms with E-state index in [1.807, 2.05) is 0 Å². The molecule has 0 bridgehead atoms. The zero-order chi connectivity index (χ0) is 20.0. The molecule has 0 N–H and O–H groups in total. The number of ether oxygens (including phenoxy) is 1.